The molecule has 0 heterocycles. The molecule has 0 aliphatic carbocycles. The molecule has 104 valence electrons. The number of halogens is 2. The van der Waals surface area contributed by atoms with Gasteiger partial charge in [0, 0.05) is 27.9 Å². The number of carbonyl (C=O) groups excluding carboxylic acids is 2. The minimum Gasteiger partial charge on any atom is -0.349 e. The molecule has 0 aromatic carbocycles. The number of hydrogen-bond donors (Lipinski definition) is 1. The van der Waals surface area contributed by atoms with Crippen LogP contribution in [0.25, 0.3) is 0 Å². The van der Waals surface area contributed by atoms with E-state index in [2.05, 4.69) is 16.9 Å². The van der Waals surface area contributed by atoms with Gasteiger partial charge in [-0.3, -0.25) is 9.59 Å². The molecular weight excluding hydrogens is 251 g/mol. The summed E-state index contributed by atoms with van der Waals surface area (Å²) < 4.78 is 0. The minimum absolute atomic E-state index is 0. The van der Waals surface area contributed by atoms with Crippen molar-refractivity contribution in [3.63, 3.8) is 0 Å². The number of carbonyl (C=O) groups is 2. The van der Waals surface area contributed by atoms with Crippen LogP contribution in [0.2, 0.25) is 0 Å². The average molecular weight is 279 g/mol. The van der Waals surface area contributed by atoms with E-state index in [4.69, 9.17) is 0 Å². The first-order chi connectivity index (χ1) is 5.79. The Morgan fingerprint density at radius 3 is 1.12 bits per heavy atom. The lowest BCUT2D eigenvalue weighted by atomic mass is 10.7. The van der Waals surface area contributed by atoms with E-state index in [-0.39, 0.29) is 38.4 Å². The zero-order valence-electron chi connectivity index (χ0n) is 9.55. The van der Waals surface area contributed by atoms with E-state index in [1.165, 1.54) is 18.7 Å². The molecule has 0 unspecified atom stereocenters. The average Bonchev–Trinajstić information content (AvgIpc) is 1.87. The predicted octanol–water partition coefficient (Wildman–Crippen LogP) is 2.40. The van der Waals surface area contributed by atoms with Crippen LogP contribution in [0.3, 0.4) is 0 Å². The fraction of sp³-hybridized carbons (Fsp3) is 0.800. The van der Waals surface area contributed by atoms with Gasteiger partial charge >= 0.3 is 0 Å². The molecule has 0 fully saturated rings. The fourth-order valence-electron chi connectivity index (χ4n) is 0. The summed E-state index contributed by atoms with van der Waals surface area (Å²) in [5.74, 6) is 0.0926. The van der Waals surface area contributed by atoms with E-state index in [0.29, 0.717) is 0 Å². The van der Waals surface area contributed by atoms with Crippen molar-refractivity contribution in [3.05, 3.63) is 0 Å². The molecular formula is C10H28Cl2N2O2. The van der Waals surface area contributed by atoms with Gasteiger partial charge in [-0.25, -0.2) is 0 Å². The van der Waals surface area contributed by atoms with Crippen molar-refractivity contribution in [3.8, 4) is 0 Å². The Bertz CT molecular complexity index is 139. The Balaban J connectivity index is -0.0000000226. The van der Waals surface area contributed by atoms with Gasteiger partial charge < -0.3 is 10.2 Å². The van der Waals surface area contributed by atoms with Gasteiger partial charge in [0.25, 0.3) is 0 Å². The van der Waals surface area contributed by atoms with E-state index in [0.717, 1.165) is 0 Å². The number of amides is 1. The third kappa shape index (κ3) is 162. The Hall–Kier alpha value is -0.320. The van der Waals surface area contributed by atoms with Crippen molar-refractivity contribution in [2.24, 2.45) is 0 Å². The molecule has 0 bridgehead atoms. The van der Waals surface area contributed by atoms with E-state index in [1.54, 1.807) is 14.1 Å². The number of nitrogens with zero attached hydrogens (tertiary/aromatic N) is 1. The second-order valence-electron chi connectivity index (χ2n) is 2.38. The topological polar surface area (TPSA) is 49.4 Å². The highest BCUT2D eigenvalue weighted by Crippen LogP contribution is 1.69. The van der Waals surface area contributed by atoms with Gasteiger partial charge in [0.2, 0.25) is 11.1 Å². The van der Waals surface area contributed by atoms with Crippen molar-refractivity contribution in [2.75, 3.05) is 28.2 Å². The zero-order chi connectivity index (χ0) is 11.4. The van der Waals surface area contributed by atoms with Crippen molar-refractivity contribution < 1.29 is 9.59 Å². The second kappa shape index (κ2) is 29.3. The van der Waals surface area contributed by atoms with Gasteiger partial charge in [-0.15, -0.1) is 12.4 Å². The van der Waals surface area contributed by atoms with Crippen molar-refractivity contribution >= 4 is 35.2 Å². The number of rotatable bonds is 0. The van der Waals surface area contributed by atoms with E-state index >= 15 is 0 Å². The highest BCUT2D eigenvalue weighted by Gasteiger charge is 1.87. The second-order valence-corrected chi connectivity index (χ2v) is 2.92. The van der Waals surface area contributed by atoms with Crippen molar-refractivity contribution in [1.82, 2.24) is 10.2 Å². The minimum atomic E-state index is -0.361. The van der Waals surface area contributed by atoms with Gasteiger partial charge in [-0.1, -0.05) is 14.9 Å². The highest BCUT2D eigenvalue weighted by atomic mass is 35.5. The van der Waals surface area contributed by atoms with Crippen LogP contribution in [-0.2, 0) is 9.59 Å². The number of nitrogens with one attached hydrogen (secondary N) is 1. The maximum atomic E-state index is 10.1. The van der Waals surface area contributed by atoms with E-state index < -0.39 is 0 Å². The van der Waals surface area contributed by atoms with Crippen molar-refractivity contribution in [1.29, 1.82) is 0 Å². The first-order valence-electron chi connectivity index (χ1n) is 3.72. The lowest BCUT2D eigenvalue weighted by molar-refractivity contribution is -0.126. The Morgan fingerprint density at radius 2 is 1.12 bits per heavy atom. The molecule has 1 amide bonds. The molecule has 0 radical (unpaired) electrons. The molecule has 16 heavy (non-hydrogen) atoms. The standard InChI is InChI=1S/C4H9NO.C2H3ClO.C2H7N.2CH4.ClH/c1-4(6)5(2)3;1-2(3)4;1-3-2;;;/h1-3H3;1H3;3H,1-2H3;2*1H4;1H. The molecule has 0 aromatic rings. The van der Waals surface area contributed by atoms with Crippen LogP contribution in [0.4, 0.5) is 0 Å². The van der Waals surface area contributed by atoms with Crippen LogP contribution in [0.5, 0.6) is 0 Å². The van der Waals surface area contributed by atoms with Crippen LogP contribution >= 0.6 is 24.0 Å². The molecule has 0 saturated carbocycles. The van der Waals surface area contributed by atoms with Crippen LogP contribution in [0.15, 0.2) is 0 Å². The normalized spacial score (nSPS) is 5.69. The third-order valence-corrected chi connectivity index (χ3v) is 0.630. The summed E-state index contributed by atoms with van der Waals surface area (Å²) in [6.45, 7) is 2.82. The Morgan fingerprint density at radius 1 is 1.06 bits per heavy atom. The molecule has 0 rings (SSSR count). The van der Waals surface area contributed by atoms with Crippen LogP contribution < -0.4 is 5.32 Å². The lowest BCUT2D eigenvalue weighted by Gasteiger charge is -2.02. The molecule has 0 atom stereocenters. The number of hydrogen-bond acceptors (Lipinski definition) is 3. The van der Waals surface area contributed by atoms with Crippen LogP contribution in [-0.4, -0.2) is 44.2 Å². The Labute approximate surface area is 112 Å². The Kier molecular flexibility index (Phi) is 66.1. The van der Waals surface area contributed by atoms with Gasteiger partial charge in [-0.2, -0.15) is 0 Å². The molecule has 0 spiro atoms. The van der Waals surface area contributed by atoms with Gasteiger partial charge in [-0.05, 0) is 25.7 Å². The summed E-state index contributed by atoms with van der Waals surface area (Å²) >= 11 is 4.64. The summed E-state index contributed by atoms with van der Waals surface area (Å²) in [4.78, 5) is 20.8. The maximum Gasteiger partial charge on any atom is 0.218 e. The van der Waals surface area contributed by atoms with E-state index in [1.807, 2.05) is 14.1 Å². The molecule has 0 aliphatic rings. The molecule has 6 heteroatoms. The first-order valence-corrected chi connectivity index (χ1v) is 4.09. The lowest BCUT2D eigenvalue weighted by Crippen LogP contribution is -2.17. The summed E-state index contributed by atoms with van der Waals surface area (Å²) in [7, 11) is 7.20. The summed E-state index contributed by atoms with van der Waals surface area (Å²) in [5, 5.41) is 2.39. The summed E-state index contributed by atoms with van der Waals surface area (Å²) in [5.41, 5.74) is 0. The molecule has 1 N–H and O–H groups in total. The molecule has 0 aliphatic heterocycles. The van der Waals surface area contributed by atoms with Gasteiger partial charge in [0.1, 0.15) is 0 Å². The van der Waals surface area contributed by atoms with Crippen LogP contribution in [0.1, 0.15) is 28.7 Å². The molecule has 0 saturated heterocycles. The first kappa shape index (κ1) is 36.1. The fourth-order valence-corrected chi connectivity index (χ4v) is 0. The zero-order valence-corrected chi connectivity index (χ0v) is 11.1. The maximum absolute atomic E-state index is 10.1. The van der Waals surface area contributed by atoms with Crippen molar-refractivity contribution in [2.45, 2.75) is 28.7 Å². The monoisotopic (exact) mass is 278 g/mol. The molecule has 0 aromatic heterocycles. The summed E-state index contributed by atoms with van der Waals surface area (Å²) in [6, 6.07) is 0. The summed E-state index contributed by atoms with van der Waals surface area (Å²) in [6.07, 6.45) is 0. The third-order valence-electron chi connectivity index (χ3n) is 0.630. The van der Waals surface area contributed by atoms with Gasteiger partial charge in [0.05, 0.1) is 0 Å². The predicted molar refractivity (Wildman–Crippen MR) is 76.6 cm³/mol. The smallest absolute Gasteiger partial charge is 0.218 e. The largest absolute Gasteiger partial charge is 0.349 e. The SMILES string of the molecule is C.C.CC(=O)Cl.CC(=O)N(C)C.CNC.Cl. The van der Waals surface area contributed by atoms with Gasteiger partial charge in [0.15, 0.2) is 0 Å². The van der Waals surface area contributed by atoms with E-state index in [9.17, 15) is 9.59 Å². The molecule has 4 nitrogen and oxygen atoms in total. The van der Waals surface area contributed by atoms with Crippen LogP contribution in [0, 0.1) is 0 Å². The highest BCUT2D eigenvalue weighted by molar-refractivity contribution is 6.62. The quantitative estimate of drug-likeness (QED) is 0.693.